The molecule has 0 aliphatic carbocycles. The largest absolute Gasteiger partial charge is 0.508 e. The number of ether oxygens (including phenoxy) is 1. The van der Waals surface area contributed by atoms with Crippen molar-refractivity contribution in [2.45, 2.75) is 38.5 Å². The third-order valence-corrected chi connectivity index (χ3v) is 5.75. The van der Waals surface area contributed by atoms with Crippen molar-refractivity contribution in [3.8, 4) is 5.75 Å². The first-order valence-electron chi connectivity index (χ1n) is 11.4. The van der Waals surface area contributed by atoms with E-state index < -0.39 is 35.6 Å². The monoisotopic (exact) mass is 509 g/mol. The van der Waals surface area contributed by atoms with E-state index in [0.29, 0.717) is 11.3 Å². The molecule has 0 radical (unpaired) electrons. The molecule has 0 bridgehead atoms. The first-order valence-corrected chi connectivity index (χ1v) is 12.1. The van der Waals surface area contributed by atoms with Crippen molar-refractivity contribution in [1.82, 2.24) is 10.2 Å². The van der Waals surface area contributed by atoms with Crippen LogP contribution in [0.1, 0.15) is 32.4 Å². The fraction of sp³-hybridized carbons (Fsp3) is 0.296. The van der Waals surface area contributed by atoms with E-state index in [1.807, 2.05) is 36.4 Å². The van der Waals surface area contributed by atoms with Crippen molar-refractivity contribution in [1.29, 1.82) is 0 Å². The first-order chi connectivity index (χ1) is 17.0. The zero-order valence-electron chi connectivity index (χ0n) is 20.7. The number of hydrogen-bond donors (Lipinski definition) is 4. The Hall–Kier alpha value is -3.72. The Kier molecular flexibility index (Phi) is 8.47. The smallest absolute Gasteiger partial charge is 0.408 e. The lowest BCUT2D eigenvalue weighted by Crippen LogP contribution is -2.52. The third-order valence-electron chi connectivity index (χ3n) is 5.38. The fourth-order valence-electron chi connectivity index (χ4n) is 3.69. The van der Waals surface area contributed by atoms with Crippen molar-refractivity contribution in [3.05, 3.63) is 72.3 Å². The van der Waals surface area contributed by atoms with E-state index in [1.165, 1.54) is 24.1 Å². The molecule has 0 aliphatic heterocycles. The van der Waals surface area contributed by atoms with Crippen molar-refractivity contribution in [2.75, 3.05) is 18.1 Å². The molecule has 0 fully saturated rings. The van der Waals surface area contributed by atoms with E-state index in [2.05, 4.69) is 23.3 Å². The van der Waals surface area contributed by atoms with E-state index in [4.69, 9.17) is 4.74 Å². The van der Waals surface area contributed by atoms with Crippen LogP contribution in [0.5, 0.6) is 5.75 Å². The Labute approximate surface area is 216 Å². The molecule has 36 heavy (non-hydrogen) atoms. The zero-order chi connectivity index (χ0) is 26.5. The summed E-state index contributed by atoms with van der Waals surface area (Å²) < 4.78 is 5.26. The van der Waals surface area contributed by atoms with Gasteiger partial charge in [0.15, 0.2) is 0 Å². The number of likely N-dealkylation sites (N-methyl/N-ethyl adjacent to an activating group) is 1. The summed E-state index contributed by atoms with van der Waals surface area (Å²) in [5, 5.41) is 17.1. The maximum Gasteiger partial charge on any atom is 0.408 e. The quantitative estimate of drug-likeness (QED) is 0.351. The summed E-state index contributed by atoms with van der Waals surface area (Å²) in [7, 11) is 1.48. The minimum Gasteiger partial charge on any atom is -0.508 e. The molecule has 2 unspecified atom stereocenters. The molecule has 0 aromatic heterocycles. The second kappa shape index (κ2) is 11.3. The second-order valence-corrected chi connectivity index (χ2v) is 9.74. The molecule has 2 atom stereocenters. The first kappa shape index (κ1) is 26.9. The number of phenolic OH excluding ortho intramolecular Hbond substituents is 1. The predicted molar refractivity (Wildman–Crippen MR) is 143 cm³/mol. The van der Waals surface area contributed by atoms with Gasteiger partial charge in [0.1, 0.15) is 23.4 Å². The molecule has 0 heterocycles. The Balaban J connectivity index is 1.87. The number of aromatic hydroxyl groups is 1. The molecule has 0 spiro atoms. The summed E-state index contributed by atoms with van der Waals surface area (Å²) in [6.07, 6.45) is -0.759. The van der Waals surface area contributed by atoms with Gasteiger partial charge >= 0.3 is 6.09 Å². The van der Waals surface area contributed by atoms with E-state index in [1.54, 1.807) is 39.0 Å². The molecular formula is C27H31N3O5S. The number of nitrogens with one attached hydrogen (secondary N) is 2. The molecular weight excluding hydrogens is 478 g/mol. The van der Waals surface area contributed by atoms with Gasteiger partial charge < -0.3 is 25.4 Å². The summed E-state index contributed by atoms with van der Waals surface area (Å²) in [6.45, 7) is 5.15. The Bertz CT molecular complexity index is 1240. The van der Waals surface area contributed by atoms with Crippen LogP contribution in [0.2, 0.25) is 0 Å². The molecule has 3 aromatic carbocycles. The average Bonchev–Trinajstić information content (AvgIpc) is 2.82. The maximum atomic E-state index is 13.5. The lowest BCUT2D eigenvalue weighted by Gasteiger charge is -2.31. The highest BCUT2D eigenvalue weighted by molar-refractivity contribution is 7.80. The average molecular weight is 510 g/mol. The molecule has 190 valence electrons. The highest BCUT2D eigenvalue weighted by atomic mass is 32.1. The number of benzene rings is 3. The number of thiol groups is 1. The highest BCUT2D eigenvalue weighted by Gasteiger charge is 2.33. The van der Waals surface area contributed by atoms with E-state index in [9.17, 15) is 19.5 Å². The van der Waals surface area contributed by atoms with Crippen LogP contribution in [0.3, 0.4) is 0 Å². The Morgan fingerprint density at radius 1 is 1.00 bits per heavy atom. The summed E-state index contributed by atoms with van der Waals surface area (Å²) in [4.78, 5) is 40.4. The third kappa shape index (κ3) is 6.91. The number of rotatable bonds is 7. The summed E-state index contributed by atoms with van der Waals surface area (Å²) in [5.74, 6) is -0.956. The van der Waals surface area contributed by atoms with Gasteiger partial charge in [0.25, 0.3) is 5.91 Å². The van der Waals surface area contributed by atoms with Crippen LogP contribution in [-0.4, -0.2) is 52.4 Å². The van der Waals surface area contributed by atoms with Gasteiger partial charge in [0.05, 0.1) is 0 Å². The van der Waals surface area contributed by atoms with Crippen LogP contribution in [-0.2, 0) is 14.3 Å². The van der Waals surface area contributed by atoms with Crippen LogP contribution in [0.15, 0.2) is 66.7 Å². The molecule has 0 aliphatic rings. The number of hydrogen-bond acceptors (Lipinski definition) is 6. The standard InChI is InChI=1S/C27H31N3O5S/c1-27(2,3)35-26(34)29-22(16-36)25(33)30(4)23(18-10-13-21(31)14-11-18)24(32)28-20-12-9-17-7-5-6-8-19(17)15-20/h5-15,22-23,31,36H,16H2,1-4H3,(H,28,32)(H,29,34). The Morgan fingerprint density at radius 3 is 2.25 bits per heavy atom. The lowest BCUT2D eigenvalue weighted by molar-refractivity contribution is -0.138. The van der Waals surface area contributed by atoms with Gasteiger partial charge in [0, 0.05) is 18.5 Å². The summed E-state index contributed by atoms with van der Waals surface area (Å²) in [5.41, 5.74) is 0.312. The number of amides is 3. The van der Waals surface area contributed by atoms with Gasteiger partial charge in [-0.3, -0.25) is 9.59 Å². The van der Waals surface area contributed by atoms with Crippen molar-refractivity contribution >= 4 is 47.0 Å². The van der Waals surface area contributed by atoms with Crippen LogP contribution < -0.4 is 10.6 Å². The number of fused-ring (bicyclic) bond motifs is 1. The number of carbonyl (C=O) groups is 3. The molecule has 3 amide bonds. The van der Waals surface area contributed by atoms with E-state index in [0.717, 1.165) is 10.8 Å². The highest BCUT2D eigenvalue weighted by Crippen LogP contribution is 2.26. The van der Waals surface area contributed by atoms with Gasteiger partial charge in [0.2, 0.25) is 5.91 Å². The summed E-state index contributed by atoms with van der Waals surface area (Å²) in [6, 6.07) is 17.3. The molecule has 3 N–H and O–H groups in total. The van der Waals surface area contributed by atoms with Gasteiger partial charge in [-0.1, -0.05) is 42.5 Å². The number of carbonyl (C=O) groups excluding carboxylic acids is 3. The maximum absolute atomic E-state index is 13.5. The van der Waals surface area contributed by atoms with Gasteiger partial charge in [-0.15, -0.1) is 0 Å². The fourth-order valence-corrected chi connectivity index (χ4v) is 3.94. The van der Waals surface area contributed by atoms with Crippen LogP contribution in [0, 0.1) is 0 Å². The molecule has 9 heteroatoms. The molecule has 0 saturated carbocycles. The van der Waals surface area contributed by atoms with Crippen LogP contribution in [0.4, 0.5) is 10.5 Å². The second-order valence-electron chi connectivity index (χ2n) is 9.38. The van der Waals surface area contributed by atoms with Crippen molar-refractivity contribution in [2.24, 2.45) is 0 Å². The number of phenols is 1. The predicted octanol–water partition coefficient (Wildman–Crippen LogP) is 4.51. The van der Waals surface area contributed by atoms with Gasteiger partial charge in [-0.2, -0.15) is 12.6 Å². The number of anilines is 1. The molecule has 0 saturated heterocycles. The normalized spacial score (nSPS) is 12.9. The molecule has 8 nitrogen and oxygen atoms in total. The molecule has 3 aromatic rings. The van der Waals surface area contributed by atoms with Crippen LogP contribution >= 0.6 is 12.6 Å². The van der Waals surface area contributed by atoms with E-state index >= 15 is 0 Å². The minimum absolute atomic E-state index is 0.00297. The van der Waals surface area contributed by atoms with Gasteiger partial charge in [-0.25, -0.2) is 4.79 Å². The lowest BCUT2D eigenvalue weighted by atomic mass is 10.0. The van der Waals surface area contributed by atoms with Crippen LogP contribution in [0.25, 0.3) is 10.8 Å². The number of alkyl carbamates (subject to hydrolysis) is 1. The SMILES string of the molecule is CN(C(=O)C(CS)NC(=O)OC(C)(C)C)C(C(=O)Nc1ccc2ccccc2c1)c1ccc(O)cc1. The summed E-state index contributed by atoms with van der Waals surface area (Å²) >= 11 is 4.22. The molecule has 3 rings (SSSR count). The number of nitrogens with zero attached hydrogens (tertiary/aromatic N) is 1. The van der Waals surface area contributed by atoms with E-state index in [-0.39, 0.29) is 11.5 Å². The van der Waals surface area contributed by atoms with Crippen molar-refractivity contribution < 1.29 is 24.2 Å². The minimum atomic E-state index is -1.05. The zero-order valence-corrected chi connectivity index (χ0v) is 21.6. The van der Waals surface area contributed by atoms with Crippen molar-refractivity contribution in [3.63, 3.8) is 0 Å². The topological polar surface area (TPSA) is 108 Å². The van der Waals surface area contributed by atoms with Gasteiger partial charge in [-0.05, 0) is 61.4 Å². The Morgan fingerprint density at radius 2 is 1.64 bits per heavy atom.